The summed E-state index contributed by atoms with van der Waals surface area (Å²) in [6.07, 6.45) is 5.93. The fourth-order valence-electron chi connectivity index (χ4n) is 3.87. The van der Waals surface area contributed by atoms with E-state index in [2.05, 4.69) is 5.32 Å². The Bertz CT molecular complexity index is 978. The van der Waals surface area contributed by atoms with Crippen LogP contribution in [0.3, 0.4) is 0 Å². The highest BCUT2D eigenvalue weighted by molar-refractivity contribution is 7.92. The monoisotopic (exact) mass is 428 g/mol. The van der Waals surface area contributed by atoms with E-state index in [1.54, 1.807) is 30.3 Å². The molecule has 1 aliphatic rings. The molecule has 0 spiro atoms. The molecule has 0 radical (unpaired) electrons. The van der Waals surface area contributed by atoms with Crippen molar-refractivity contribution in [3.63, 3.8) is 0 Å². The van der Waals surface area contributed by atoms with Gasteiger partial charge in [0.05, 0.1) is 10.6 Å². The SMILES string of the molecule is Cc1ccc(S(=O)(=O)N(CC(=O)NCC2CCCCC2)c2ccc(C)c(C)c2)cc1. The number of hydrogen-bond donors (Lipinski definition) is 1. The Balaban J connectivity index is 1.84. The van der Waals surface area contributed by atoms with Gasteiger partial charge in [-0.05, 0) is 74.9 Å². The summed E-state index contributed by atoms with van der Waals surface area (Å²) in [4.78, 5) is 12.9. The van der Waals surface area contributed by atoms with E-state index in [0.29, 0.717) is 18.2 Å². The Kier molecular flexibility index (Phi) is 7.19. The fraction of sp³-hybridized carbons (Fsp3) is 0.458. The first-order valence-electron chi connectivity index (χ1n) is 10.7. The predicted octanol–water partition coefficient (Wildman–Crippen LogP) is 4.50. The number of anilines is 1. The summed E-state index contributed by atoms with van der Waals surface area (Å²) < 4.78 is 28.1. The molecule has 2 aromatic rings. The van der Waals surface area contributed by atoms with Gasteiger partial charge in [-0.1, -0.05) is 43.0 Å². The fourth-order valence-corrected chi connectivity index (χ4v) is 5.28. The third kappa shape index (κ3) is 5.42. The Morgan fingerprint density at radius 1 is 0.967 bits per heavy atom. The second kappa shape index (κ2) is 9.65. The second-order valence-electron chi connectivity index (χ2n) is 8.40. The lowest BCUT2D eigenvalue weighted by Crippen LogP contribution is -2.42. The van der Waals surface area contributed by atoms with Crippen molar-refractivity contribution in [2.45, 2.75) is 57.8 Å². The van der Waals surface area contributed by atoms with Crippen LogP contribution in [-0.4, -0.2) is 27.4 Å². The quantitative estimate of drug-likeness (QED) is 0.706. The maximum absolute atomic E-state index is 13.4. The summed E-state index contributed by atoms with van der Waals surface area (Å²) in [6, 6.07) is 12.2. The number of rotatable bonds is 7. The molecule has 0 aromatic heterocycles. The van der Waals surface area contributed by atoms with Gasteiger partial charge in [0.1, 0.15) is 6.54 Å². The Labute approximate surface area is 180 Å². The van der Waals surface area contributed by atoms with Crippen molar-refractivity contribution in [2.75, 3.05) is 17.4 Å². The van der Waals surface area contributed by atoms with Gasteiger partial charge < -0.3 is 5.32 Å². The summed E-state index contributed by atoms with van der Waals surface area (Å²) in [6.45, 7) is 6.22. The van der Waals surface area contributed by atoms with Crippen LogP contribution < -0.4 is 9.62 Å². The maximum atomic E-state index is 13.4. The third-order valence-electron chi connectivity index (χ3n) is 5.99. The van der Waals surface area contributed by atoms with Crippen LogP contribution in [0.4, 0.5) is 5.69 Å². The molecule has 30 heavy (non-hydrogen) atoms. The van der Waals surface area contributed by atoms with Crippen LogP contribution in [0.1, 0.15) is 48.8 Å². The molecule has 3 rings (SSSR count). The lowest BCUT2D eigenvalue weighted by molar-refractivity contribution is -0.119. The van der Waals surface area contributed by atoms with E-state index in [9.17, 15) is 13.2 Å². The zero-order valence-electron chi connectivity index (χ0n) is 18.1. The first kappa shape index (κ1) is 22.3. The van der Waals surface area contributed by atoms with Gasteiger partial charge >= 0.3 is 0 Å². The normalized spacial score (nSPS) is 15.0. The summed E-state index contributed by atoms with van der Waals surface area (Å²) in [5.74, 6) is 0.223. The minimum atomic E-state index is -3.87. The number of amides is 1. The topological polar surface area (TPSA) is 66.5 Å². The first-order valence-corrected chi connectivity index (χ1v) is 12.1. The molecule has 1 fully saturated rings. The summed E-state index contributed by atoms with van der Waals surface area (Å²) in [7, 11) is -3.87. The number of carbonyl (C=O) groups is 1. The Hall–Kier alpha value is -2.34. The standard InChI is InChI=1S/C24H32N2O3S/c1-18-9-13-23(14-10-18)30(28,29)26(22-12-11-19(2)20(3)15-22)17-24(27)25-16-21-7-5-4-6-8-21/h9-15,21H,4-8,16-17H2,1-3H3,(H,25,27). The van der Waals surface area contributed by atoms with Crippen LogP contribution in [0.15, 0.2) is 47.4 Å². The van der Waals surface area contributed by atoms with E-state index in [1.165, 1.54) is 23.6 Å². The Morgan fingerprint density at radius 2 is 1.63 bits per heavy atom. The van der Waals surface area contributed by atoms with Crippen molar-refractivity contribution in [3.05, 3.63) is 59.2 Å². The van der Waals surface area contributed by atoms with Crippen molar-refractivity contribution < 1.29 is 13.2 Å². The van der Waals surface area contributed by atoms with Gasteiger partial charge in [0.25, 0.3) is 10.0 Å². The summed E-state index contributed by atoms with van der Waals surface area (Å²) >= 11 is 0. The van der Waals surface area contributed by atoms with Gasteiger partial charge in [-0.15, -0.1) is 0 Å². The van der Waals surface area contributed by atoms with E-state index in [4.69, 9.17) is 0 Å². The molecule has 1 saturated carbocycles. The number of nitrogens with zero attached hydrogens (tertiary/aromatic N) is 1. The van der Waals surface area contributed by atoms with E-state index in [1.807, 2.05) is 32.9 Å². The molecule has 0 heterocycles. The van der Waals surface area contributed by atoms with E-state index >= 15 is 0 Å². The minimum Gasteiger partial charge on any atom is -0.354 e. The van der Waals surface area contributed by atoms with Crippen LogP contribution in [-0.2, 0) is 14.8 Å². The molecule has 0 saturated heterocycles. The molecule has 1 aliphatic carbocycles. The average molecular weight is 429 g/mol. The van der Waals surface area contributed by atoms with Crippen molar-refractivity contribution >= 4 is 21.6 Å². The molecule has 0 aliphatic heterocycles. The van der Waals surface area contributed by atoms with Crippen LogP contribution >= 0.6 is 0 Å². The molecule has 6 heteroatoms. The molecule has 0 atom stereocenters. The smallest absolute Gasteiger partial charge is 0.264 e. The van der Waals surface area contributed by atoms with Gasteiger partial charge in [-0.2, -0.15) is 0 Å². The maximum Gasteiger partial charge on any atom is 0.264 e. The van der Waals surface area contributed by atoms with Gasteiger partial charge in [-0.3, -0.25) is 9.10 Å². The number of aryl methyl sites for hydroxylation is 3. The lowest BCUT2D eigenvalue weighted by atomic mass is 9.89. The van der Waals surface area contributed by atoms with Gasteiger partial charge in [0, 0.05) is 6.54 Å². The van der Waals surface area contributed by atoms with Crippen molar-refractivity contribution in [3.8, 4) is 0 Å². The summed E-state index contributed by atoms with van der Waals surface area (Å²) in [5.41, 5.74) is 3.55. The lowest BCUT2D eigenvalue weighted by Gasteiger charge is -2.26. The third-order valence-corrected chi connectivity index (χ3v) is 7.78. The van der Waals surface area contributed by atoms with Crippen LogP contribution in [0, 0.1) is 26.7 Å². The van der Waals surface area contributed by atoms with Crippen LogP contribution in [0.2, 0.25) is 0 Å². The highest BCUT2D eigenvalue weighted by Crippen LogP contribution is 2.26. The number of hydrogen-bond acceptors (Lipinski definition) is 3. The van der Waals surface area contributed by atoms with Crippen molar-refractivity contribution in [1.82, 2.24) is 5.32 Å². The highest BCUT2D eigenvalue weighted by Gasteiger charge is 2.27. The van der Waals surface area contributed by atoms with E-state index < -0.39 is 10.0 Å². The van der Waals surface area contributed by atoms with Crippen molar-refractivity contribution in [2.24, 2.45) is 5.92 Å². The molecule has 1 amide bonds. The highest BCUT2D eigenvalue weighted by atomic mass is 32.2. The number of nitrogens with one attached hydrogen (secondary N) is 1. The van der Waals surface area contributed by atoms with Crippen molar-refractivity contribution in [1.29, 1.82) is 0 Å². The molecule has 162 valence electrons. The van der Waals surface area contributed by atoms with E-state index in [-0.39, 0.29) is 17.3 Å². The van der Waals surface area contributed by atoms with E-state index in [0.717, 1.165) is 29.5 Å². The Morgan fingerprint density at radius 3 is 2.27 bits per heavy atom. The second-order valence-corrected chi connectivity index (χ2v) is 10.3. The minimum absolute atomic E-state index is 0.186. The molecule has 2 aromatic carbocycles. The zero-order valence-corrected chi connectivity index (χ0v) is 19.0. The predicted molar refractivity (Wildman–Crippen MR) is 121 cm³/mol. The van der Waals surface area contributed by atoms with Gasteiger partial charge in [-0.25, -0.2) is 8.42 Å². The number of benzene rings is 2. The number of sulfonamides is 1. The van der Waals surface area contributed by atoms with Gasteiger partial charge in [0.2, 0.25) is 5.91 Å². The molecular weight excluding hydrogens is 396 g/mol. The number of carbonyl (C=O) groups excluding carboxylic acids is 1. The zero-order chi connectivity index (χ0) is 21.7. The molecular formula is C24H32N2O3S. The molecule has 0 unspecified atom stereocenters. The summed E-state index contributed by atoms with van der Waals surface area (Å²) in [5, 5.41) is 2.97. The largest absolute Gasteiger partial charge is 0.354 e. The van der Waals surface area contributed by atoms with Gasteiger partial charge in [0.15, 0.2) is 0 Å². The molecule has 0 bridgehead atoms. The van der Waals surface area contributed by atoms with Crippen LogP contribution in [0.25, 0.3) is 0 Å². The molecule has 1 N–H and O–H groups in total. The van der Waals surface area contributed by atoms with Crippen LogP contribution in [0.5, 0.6) is 0 Å². The first-order chi connectivity index (χ1) is 14.3. The average Bonchev–Trinajstić information content (AvgIpc) is 2.73. The molecule has 5 nitrogen and oxygen atoms in total.